The first-order valence-electron chi connectivity index (χ1n) is 20.4. The number of rotatable bonds is 33. The van der Waals surface area contributed by atoms with E-state index in [1.165, 1.54) is 77.0 Å². The molecule has 0 aromatic heterocycles. The quantitative estimate of drug-likeness (QED) is 0.0300. The molecule has 0 aromatic rings. The summed E-state index contributed by atoms with van der Waals surface area (Å²) in [5.74, 6) is -0.820. The molecule has 51 heavy (non-hydrogen) atoms. The predicted molar refractivity (Wildman–Crippen MR) is 201 cm³/mol. The van der Waals surface area contributed by atoms with Gasteiger partial charge in [-0.05, 0) is 44.9 Å². The van der Waals surface area contributed by atoms with Gasteiger partial charge in [-0.2, -0.15) is 0 Å². The first-order valence-corrected chi connectivity index (χ1v) is 20.4. The van der Waals surface area contributed by atoms with Crippen molar-refractivity contribution < 1.29 is 49.0 Å². The van der Waals surface area contributed by atoms with E-state index in [0.717, 1.165) is 57.8 Å². The third-order valence-corrected chi connectivity index (χ3v) is 9.28. The molecule has 1 rings (SSSR count). The summed E-state index contributed by atoms with van der Waals surface area (Å²) in [5, 5.41) is 41.2. The second-order valence-corrected chi connectivity index (χ2v) is 14.1. The molecule has 1 aliphatic rings. The highest BCUT2D eigenvalue weighted by atomic mass is 16.7. The number of aliphatic hydroxyl groups excluding tert-OH is 4. The lowest BCUT2D eigenvalue weighted by Gasteiger charge is -2.40. The second kappa shape index (κ2) is 32.8. The van der Waals surface area contributed by atoms with Gasteiger partial charge < -0.3 is 39.4 Å². The zero-order valence-corrected chi connectivity index (χ0v) is 32.1. The van der Waals surface area contributed by atoms with Crippen LogP contribution < -0.4 is 0 Å². The van der Waals surface area contributed by atoms with E-state index >= 15 is 0 Å². The number of hydrogen-bond acceptors (Lipinski definition) is 10. The number of unbranched alkanes of at least 4 members (excludes halogenated alkanes) is 18. The van der Waals surface area contributed by atoms with Crippen LogP contribution in [0.3, 0.4) is 0 Å². The Morgan fingerprint density at radius 1 is 0.588 bits per heavy atom. The van der Waals surface area contributed by atoms with Gasteiger partial charge in [0.05, 0.1) is 6.61 Å². The molecule has 0 radical (unpaired) electrons. The summed E-state index contributed by atoms with van der Waals surface area (Å²) < 4.78 is 21.5. The normalized spacial score (nSPS) is 21.4. The molecule has 1 aliphatic heterocycles. The van der Waals surface area contributed by atoms with Crippen molar-refractivity contribution in [3.8, 4) is 0 Å². The molecule has 4 N–H and O–H groups in total. The Morgan fingerprint density at radius 2 is 1.06 bits per heavy atom. The molecule has 1 saturated heterocycles. The smallest absolute Gasteiger partial charge is 0.305 e. The molecular weight excluding hydrogens is 652 g/mol. The summed E-state index contributed by atoms with van der Waals surface area (Å²) in [6, 6.07) is 0. The number of ether oxygens (including phenoxy) is 4. The molecule has 1 fully saturated rings. The zero-order valence-electron chi connectivity index (χ0n) is 32.1. The Morgan fingerprint density at radius 3 is 1.63 bits per heavy atom. The topological polar surface area (TPSA) is 152 Å². The van der Waals surface area contributed by atoms with Gasteiger partial charge in [0.1, 0.15) is 43.7 Å². The number of aliphatic hydroxyl groups is 4. The Balaban J connectivity index is 2.14. The van der Waals surface area contributed by atoms with Gasteiger partial charge >= 0.3 is 11.9 Å². The van der Waals surface area contributed by atoms with Crippen LogP contribution in [-0.4, -0.2) is 89.0 Å². The molecule has 0 aromatic carbocycles. The van der Waals surface area contributed by atoms with Crippen molar-refractivity contribution in [2.24, 2.45) is 0 Å². The van der Waals surface area contributed by atoms with Crippen molar-refractivity contribution >= 4 is 11.9 Å². The highest BCUT2D eigenvalue weighted by Crippen LogP contribution is 2.23. The summed E-state index contributed by atoms with van der Waals surface area (Å²) in [6.07, 6.45) is 26.1. The van der Waals surface area contributed by atoms with E-state index < -0.39 is 42.8 Å². The van der Waals surface area contributed by atoms with Crippen molar-refractivity contribution in [1.82, 2.24) is 0 Å². The van der Waals surface area contributed by atoms with Crippen molar-refractivity contribution in [2.45, 2.75) is 205 Å². The maximum Gasteiger partial charge on any atom is 0.305 e. The summed E-state index contributed by atoms with van der Waals surface area (Å²) in [5.41, 5.74) is 0. The van der Waals surface area contributed by atoms with Crippen LogP contribution in [0.4, 0.5) is 0 Å². The zero-order chi connectivity index (χ0) is 37.4. The first-order chi connectivity index (χ1) is 24.8. The summed E-state index contributed by atoms with van der Waals surface area (Å²) in [7, 11) is 0. The van der Waals surface area contributed by atoms with Crippen LogP contribution in [0.25, 0.3) is 0 Å². The van der Waals surface area contributed by atoms with Crippen molar-refractivity contribution in [2.75, 3.05) is 19.8 Å². The van der Waals surface area contributed by atoms with Gasteiger partial charge in [-0.1, -0.05) is 134 Å². The average Bonchev–Trinajstić information content (AvgIpc) is 3.12. The molecule has 0 bridgehead atoms. The number of carbonyl (C=O) groups excluding carboxylic acids is 2. The monoisotopic (exact) mass is 727 g/mol. The van der Waals surface area contributed by atoms with Gasteiger partial charge in [0.25, 0.3) is 0 Å². The minimum Gasteiger partial charge on any atom is -0.463 e. The van der Waals surface area contributed by atoms with Gasteiger partial charge in [-0.25, -0.2) is 0 Å². The molecule has 0 saturated carbocycles. The van der Waals surface area contributed by atoms with Gasteiger partial charge in [-0.15, -0.1) is 0 Å². The summed E-state index contributed by atoms with van der Waals surface area (Å²) in [4.78, 5) is 24.3. The number of esters is 2. The summed E-state index contributed by atoms with van der Waals surface area (Å²) >= 11 is 0. The van der Waals surface area contributed by atoms with Crippen LogP contribution in [0.5, 0.6) is 0 Å². The van der Waals surface area contributed by atoms with E-state index in [1.807, 2.05) is 0 Å². The van der Waals surface area contributed by atoms with E-state index in [9.17, 15) is 30.0 Å². The molecule has 0 amide bonds. The lowest BCUT2D eigenvalue weighted by Crippen LogP contribution is -2.59. The Kier molecular flexibility index (Phi) is 30.4. The predicted octanol–water partition coefficient (Wildman–Crippen LogP) is 7.77. The molecule has 298 valence electrons. The maximum absolute atomic E-state index is 12.3. The van der Waals surface area contributed by atoms with Gasteiger partial charge in [0.15, 0.2) is 6.29 Å². The second-order valence-electron chi connectivity index (χ2n) is 14.1. The minimum atomic E-state index is -1.60. The average molecular weight is 727 g/mol. The first kappa shape index (κ1) is 47.2. The molecular formula is C41H74O10. The number of carbonyl (C=O) groups is 2. The van der Waals surface area contributed by atoms with E-state index in [0.29, 0.717) is 6.42 Å². The lowest BCUT2D eigenvalue weighted by atomic mass is 9.99. The van der Waals surface area contributed by atoms with E-state index in [1.54, 1.807) is 0 Å². The highest BCUT2D eigenvalue weighted by molar-refractivity contribution is 5.69. The van der Waals surface area contributed by atoms with Crippen molar-refractivity contribution in [3.05, 3.63) is 24.3 Å². The van der Waals surface area contributed by atoms with Crippen molar-refractivity contribution in [3.63, 3.8) is 0 Å². The maximum atomic E-state index is 12.3. The molecule has 10 heteroatoms. The Labute approximate surface area is 309 Å². The van der Waals surface area contributed by atoms with Crippen LogP contribution in [0.15, 0.2) is 24.3 Å². The Bertz CT molecular complexity index is 894. The van der Waals surface area contributed by atoms with E-state index in [-0.39, 0.29) is 38.6 Å². The molecule has 0 aliphatic carbocycles. The standard InChI is InChI=1S/C41H74O10/c1-3-5-7-9-11-13-15-16-17-18-20-22-24-26-28-30-37(44)49-33-35-38(45)39(46)40(47)41(51-35)50-32-34(42)31-48-36(43)29-27-25-23-21-19-14-12-10-8-6-4-2/h11,13,16-17,34-35,38-42,45-47H,3-10,12,14-15,18-33H2,1-2H3/b13-11-,17-16-/t34-,35-,38+,39+,40-,41-/m1/s1. The van der Waals surface area contributed by atoms with E-state index in [2.05, 4.69) is 38.2 Å². The number of allylic oxidation sites excluding steroid dienone is 4. The van der Waals surface area contributed by atoms with Crippen LogP contribution >= 0.6 is 0 Å². The van der Waals surface area contributed by atoms with Gasteiger partial charge in [0, 0.05) is 12.8 Å². The molecule has 1 heterocycles. The molecule has 10 nitrogen and oxygen atoms in total. The fourth-order valence-electron chi connectivity index (χ4n) is 5.97. The largest absolute Gasteiger partial charge is 0.463 e. The number of hydrogen-bond donors (Lipinski definition) is 4. The molecule has 6 atom stereocenters. The highest BCUT2D eigenvalue weighted by Gasteiger charge is 2.45. The fraction of sp³-hybridized carbons (Fsp3) is 0.854. The van der Waals surface area contributed by atoms with E-state index in [4.69, 9.17) is 18.9 Å². The fourth-order valence-corrected chi connectivity index (χ4v) is 5.97. The SMILES string of the molecule is CCCCC/C=C\C/C=C\CCCCCCCC(=O)OC[C@H]1O[C@@H](OC[C@H](O)COC(=O)CCCCCCCCCCCCC)[C@H](O)[C@@H](O)[C@H]1O. The summed E-state index contributed by atoms with van der Waals surface area (Å²) in [6.45, 7) is 3.51. The Hall–Kier alpha value is -1.82. The van der Waals surface area contributed by atoms with Gasteiger partial charge in [0.2, 0.25) is 0 Å². The minimum absolute atomic E-state index is 0.239. The van der Waals surface area contributed by atoms with Gasteiger partial charge in [-0.3, -0.25) is 9.59 Å². The third-order valence-electron chi connectivity index (χ3n) is 9.28. The van der Waals surface area contributed by atoms with Crippen LogP contribution in [0, 0.1) is 0 Å². The van der Waals surface area contributed by atoms with Crippen LogP contribution in [0.2, 0.25) is 0 Å². The van der Waals surface area contributed by atoms with Crippen LogP contribution in [0.1, 0.15) is 168 Å². The molecule has 0 spiro atoms. The van der Waals surface area contributed by atoms with Crippen LogP contribution in [-0.2, 0) is 28.5 Å². The lowest BCUT2D eigenvalue weighted by molar-refractivity contribution is -0.305. The molecule has 0 unspecified atom stereocenters. The third kappa shape index (κ3) is 25.7. The van der Waals surface area contributed by atoms with Crippen molar-refractivity contribution in [1.29, 1.82) is 0 Å².